The van der Waals surface area contributed by atoms with Crippen molar-refractivity contribution < 1.29 is 0 Å². The second-order valence-corrected chi connectivity index (χ2v) is 4.44. The van der Waals surface area contributed by atoms with Gasteiger partial charge in [-0.05, 0) is 12.8 Å². The van der Waals surface area contributed by atoms with E-state index in [4.69, 9.17) is 34.7 Å². The van der Waals surface area contributed by atoms with Gasteiger partial charge >= 0.3 is 0 Å². The zero-order valence-corrected chi connectivity index (χ0v) is 7.25. The molecule has 1 fully saturated rings. The average molecular weight is 183 g/mol. The van der Waals surface area contributed by atoms with E-state index in [-0.39, 0.29) is 0 Å². The van der Waals surface area contributed by atoms with Gasteiger partial charge in [0.15, 0.2) is 0 Å². The maximum Gasteiger partial charge on any atom is 0.148 e. The van der Waals surface area contributed by atoms with Crippen LogP contribution in [0.15, 0.2) is 0 Å². The molecule has 0 aromatic heterocycles. The number of hydrogen-bond acceptors (Lipinski definition) is 2. The van der Waals surface area contributed by atoms with Crippen LogP contribution in [0.25, 0.3) is 0 Å². The molecular formula is C6H12Cl2N2. The van der Waals surface area contributed by atoms with E-state index >= 15 is 0 Å². The zero-order valence-electron chi connectivity index (χ0n) is 5.74. The molecule has 2 nitrogen and oxygen atoms in total. The minimum Gasteiger partial charge on any atom is -0.311 e. The van der Waals surface area contributed by atoms with Gasteiger partial charge in [0.1, 0.15) is 4.33 Å². The zero-order chi connectivity index (χ0) is 7.83. The second-order valence-electron chi connectivity index (χ2n) is 2.95. The molecule has 1 aliphatic rings. The third kappa shape index (κ3) is 1.40. The fourth-order valence-electron chi connectivity index (χ4n) is 1.18. The van der Waals surface area contributed by atoms with Crippen molar-refractivity contribution in [3.63, 3.8) is 0 Å². The summed E-state index contributed by atoms with van der Waals surface area (Å²) < 4.78 is -0.925. The lowest BCUT2D eigenvalue weighted by atomic mass is 9.89. The highest BCUT2D eigenvalue weighted by Crippen LogP contribution is 2.40. The predicted molar refractivity (Wildman–Crippen MR) is 44.0 cm³/mol. The molecule has 0 aliphatic heterocycles. The fourth-order valence-corrected chi connectivity index (χ4v) is 1.64. The number of hydrogen-bond donors (Lipinski definition) is 2. The molecule has 60 valence electrons. The van der Waals surface area contributed by atoms with Crippen LogP contribution in [0.1, 0.15) is 25.7 Å². The predicted octanol–water partition coefficient (Wildman–Crippen LogP) is 1.35. The summed E-state index contributed by atoms with van der Waals surface area (Å²) in [6.45, 7) is 0. The van der Waals surface area contributed by atoms with Gasteiger partial charge in [0.05, 0.1) is 5.66 Å². The molecule has 0 saturated heterocycles. The lowest BCUT2D eigenvalue weighted by Gasteiger charge is -2.40. The highest BCUT2D eigenvalue weighted by Gasteiger charge is 2.45. The van der Waals surface area contributed by atoms with Gasteiger partial charge in [-0.3, -0.25) is 0 Å². The van der Waals surface area contributed by atoms with Crippen molar-refractivity contribution in [2.75, 3.05) is 0 Å². The molecule has 4 heteroatoms. The standard InChI is InChI=1S/C6H12Cl2N2/c7-5(8)3-1-2-4-6(5,9)10/h1-4,9-10H2. The Hall–Kier alpha value is 0.500. The largest absolute Gasteiger partial charge is 0.311 e. The van der Waals surface area contributed by atoms with Gasteiger partial charge in [-0.2, -0.15) is 0 Å². The summed E-state index contributed by atoms with van der Waals surface area (Å²) in [5.41, 5.74) is 10.4. The van der Waals surface area contributed by atoms with E-state index in [1.54, 1.807) is 0 Å². The summed E-state index contributed by atoms with van der Waals surface area (Å²) in [7, 11) is 0. The van der Waals surface area contributed by atoms with Crippen LogP contribution in [-0.2, 0) is 0 Å². The fraction of sp³-hybridized carbons (Fsp3) is 1.00. The molecule has 0 radical (unpaired) electrons. The molecule has 0 atom stereocenters. The quantitative estimate of drug-likeness (QED) is 0.440. The van der Waals surface area contributed by atoms with E-state index in [1.165, 1.54) is 0 Å². The maximum absolute atomic E-state index is 5.88. The second kappa shape index (κ2) is 2.52. The Bertz CT molecular complexity index is 118. The van der Waals surface area contributed by atoms with E-state index in [9.17, 15) is 0 Å². The average Bonchev–Trinajstić information content (AvgIpc) is 1.77. The van der Waals surface area contributed by atoms with Crippen molar-refractivity contribution in [3.05, 3.63) is 0 Å². The molecule has 1 rings (SSSR count). The highest BCUT2D eigenvalue weighted by molar-refractivity contribution is 6.49. The third-order valence-corrected chi connectivity index (χ3v) is 3.09. The van der Waals surface area contributed by atoms with Gasteiger partial charge < -0.3 is 11.5 Å². The first-order chi connectivity index (χ1) is 4.46. The van der Waals surface area contributed by atoms with Crippen molar-refractivity contribution in [1.82, 2.24) is 0 Å². The molecule has 0 unspecified atom stereocenters. The van der Waals surface area contributed by atoms with Gasteiger partial charge in [0.25, 0.3) is 0 Å². The number of halogens is 2. The van der Waals surface area contributed by atoms with Crippen molar-refractivity contribution in [3.8, 4) is 0 Å². The van der Waals surface area contributed by atoms with Gasteiger partial charge in [-0.15, -0.1) is 0 Å². The first-order valence-corrected chi connectivity index (χ1v) is 4.17. The summed E-state index contributed by atoms with van der Waals surface area (Å²) in [5, 5.41) is 0. The molecule has 1 saturated carbocycles. The maximum atomic E-state index is 5.88. The topological polar surface area (TPSA) is 52.0 Å². The van der Waals surface area contributed by atoms with Crippen molar-refractivity contribution >= 4 is 23.2 Å². The van der Waals surface area contributed by atoms with E-state index in [0.29, 0.717) is 12.8 Å². The monoisotopic (exact) mass is 182 g/mol. The molecule has 10 heavy (non-hydrogen) atoms. The van der Waals surface area contributed by atoms with Crippen LogP contribution in [0.2, 0.25) is 0 Å². The lowest BCUT2D eigenvalue weighted by molar-refractivity contribution is 0.285. The Morgan fingerprint density at radius 1 is 1.00 bits per heavy atom. The van der Waals surface area contributed by atoms with Crippen LogP contribution >= 0.6 is 23.2 Å². The summed E-state index contributed by atoms with van der Waals surface area (Å²) in [6, 6.07) is 0. The SMILES string of the molecule is NC1(N)CCCCC1(Cl)Cl. The number of alkyl halides is 2. The van der Waals surface area contributed by atoms with E-state index in [0.717, 1.165) is 12.8 Å². The summed E-state index contributed by atoms with van der Waals surface area (Å²) in [5.74, 6) is 0. The summed E-state index contributed by atoms with van der Waals surface area (Å²) >= 11 is 11.8. The number of nitrogens with two attached hydrogens (primary N) is 2. The van der Waals surface area contributed by atoms with E-state index in [2.05, 4.69) is 0 Å². The molecule has 0 amide bonds. The van der Waals surface area contributed by atoms with Gasteiger partial charge in [0.2, 0.25) is 0 Å². The summed E-state index contributed by atoms with van der Waals surface area (Å²) in [6.07, 6.45) is 3.44. The lowest BCUT2D eigenvalue weighted by Crippen LogP contribution is -2.63. The van der Waals surface area contributed by atoms with Gasteiger partial charge in [-0.25, -0.2) is 0 Å². The minimum absolute atomic E-state index is 0.698. The molecule has 0 heterocycles. The third-order valence-electron chi connectivity index (χ3n) is 2.01. The summed E-state index contributed by atoms with van der Waals surface area (Å²) in [4.78, 5) is 0. The van der Waals surface area contributed by atoms with Gasteiger partial charge in [-0.1, -0.05) is 36.0 Å². The minimum atomic E-state index is -0.925. The molecular weight excluding hydrogens is 171 g/mol. The molecule has 0 aromatic carbocycles. The molecule has 0 spiro atoms. The molecule has 0 bridgehead atoms. The Morgan fingerprint density at radius 2 is 1.50 bits per heavy atom. The normalized spacial score (nSPS) is 30.0. The first kappa shape index (κ1) is 8.60. The Morgan fingerprint density at radius 3 is 1.80 bits per heavy atom. The van der Waals surface area contributed by atoms with Gasteiger partial charge in [0, 0.05) is 0 Å². The van der Waals surface area contributed by atoms with Crippen LogP contribution in [-0.4, -0.2) is 10.00 Å². The van der Waals surface area contributed by atoms with Crippen LogP contribution < -0.4 is 11.5 Å². The Balaban J connectivity index is 2.70. The van der Waals surface area contributed by atoms with Crippen LogP contribution in [0.5, 0.6) is 0 Å². The van der Waals surface area contributed by atoms with E-state index < -0.39 is 10.00 Å². The smallest absolute Gasteiger partial charge is 0.148 e. The van der Waals surface area contributed by atoms with Crippen molar-refractivity contribution in [2.45, 2.75) is 35.7 Å². The highest BCUT2D eigenvalue weighted by atomic mass is 35.5. The molecule has 1 aliphatic carbocycles. The Kier molecular flexibility index (Phi) is 2.17. The molecule has 4 N–H and O–H groups in total. The number of rotatable bonds is 0. The first-order valence-electron chi connectivity index (χ1n) is 3.41. The van der Waals surface area contributed by atoms with Crippen molar-refractivity contribution in [1.29, 1.82) is 0 Å². The van der Waals surface area contributed by atoms with E-state index in [1.807, 2.05) is 0 Å². The van der Waals surface area contributed by atoms with Crippen LogP contribution in [0, 0.1) is 0 Å². The van der Waals surface area contributed by atoms with Crippen LogP contribution in [0.4, 0.5) is 0 Å². The Labute approximate surface area is 70.8 Å². The van der Waals surface area contributed by atoms with Crippen LogP contribution in [0.3, 0.4) is 0 Å². The molecule has 0 aromatic rings. The van der Waals surface area contributed by atoms with Crippen molar-refractivity contribution in [2.24, 2.45) is 11.5 Å².